The maximum absolute atomic E-state index is 7.21. The van der Waals surface area contributed by atoms with Crippen LogP contribution in [0.1, 0.15) is 169 Å². The number of rotatable bonds is 16. The van der Waals surface area contributed by atoms with E-state index in [1.165, 1.54) is 141 Å². The van der Waals surface area contributed by atoms with Crippen LogP contribution in [-0.4, -0.2) is 11.2 Å². The van der Waals surface area contributed by atoms with Crippen molar-refractivity contribution in [3.05, 3.63) is 49.6 Å². The highest BCUT2D eigenvalue weighted by molar-refractivity contribution is 5.08. The van der Waals surface area contributed by atoms with E-state index in [1.54, 1.807) is 0 Å². The van der Waals surface area contributed by atoms with Crippen LogP contribution in [0.25, 0.3) is 0 Å². The van der Waals surface area contributed by atoms with E-state index in [-0.39, 0.29) is 11.2 Å². The first-order valence-electron chi connectivity index (χ1n) is 20.1. The smallest absolute Gasteiger partial charge is 0.0871 e. The molecule has 0 aliphatic heterocycles. The molecular formula is C44H74O. The normalized spacial score (nSPS) is 36.0. The minimum Gasteiger partial charge on any atom is -0.360 e. The van der Waals surface area contributed by atoms with Gasteiger partial charge in [-0.15, -0.1) is 13.2 Å². The van der Waals surface area contributed by atoms with Crippen LogP contribution in [0.15, 0.2) is 49.6 Å². The molecule has 0 bridgehead atoms. The lowest BCUT2D eigenvalue weighted by molar-refractivity contribution is -0.154. The Balaban J connectivity index is 1.17. The lowest BCUT2D eigenvalue weighted by Crippen LogP contribution is -2.49. The Kier molecular flexibility index (Phi) is 15.1. The van der Waals surface area contributed by atoms with Crippen LogP contribution in [0, 0.1) is 47.3 Å². The van der Waals surface area contributed by atoms with Crippen LogP contribution in [-0.2, 0) is 4.74 Å². The average molecular weight is 619 g/mol. The first-order chi connectivity index (χ1) is 21.8. The second-order valence-corrected chi connectivity index (χ2v) is 16.7. The lowest BCUT2D eigenvalue weighted by atomic mass is 9.69. The second-order valence-electron chi connectivity index (χ2n) is 16.7. The first kappa shape index (κ1) is 36.8. The molecule has 0 spiro atoms. The van der Waals surface area contributed by atoms with Gasteiger partial charge < -0.3 is 4.74 Å². The van der Waals surface area contributed by atoms with E-state index < -0.39 is 0 Å². The van der Waals surface area contributed by atoms with Crippen molar-refractivity contribution in [3.63, 3.8) is 0 Å². The van der Waals surface area contributed by atoms with Crippen molar-refractivity contribution in [1.82, 2.24) is 0 Å². The number of hydrogen-bond donors (Lipinski definition) is 0. The highest BCUT2D eigenvalue weighted by Crippen LogP contribution is 2.47. The third-order valence-electron chi connectivity index (χ3n) is 13.6. The summed E-state index contributed by atoms with van der Waals surface area (Å²) in [5.41, 5.74) is -0.527. The van der Waals surface area contributed by atoms with Gasteiger partial charge in [0.05, 0.1) is 11.2 Å². The molecule has 4 saturated carbocycles. The summed E-state index contributed by atoms with van der Waals surface area (Å²) >= 11 is 0. The van der Waals surface area contributed by atoms with E-state index in [2.05, 4.69) is 77.3 Å². The van der Waals surface area contributed by atoms with Crippen LogP contribution >= 0.6 is 0 Å². The molecular weight excluding hydrogens is 544 g/mol. The molecule has 0 aromatic rings. The van der Waals surface area contributed by atoms with Crippen LogP contribution in [0.5, 0.6) is 0 Å². The SMILES string of the molecule is C=CC(C)(OC(C)(C=C)C1CCC(CCC2CCC(C=CCC)CC2)CC1)C1CCC(CCC2CCC(C=CCC)CC2)CC1. The molecule has 2 unspecified atom stereocenters. The third-order valence-corrected chi connectivity index (χ3v) is 13.6. The van der Waals surface area contributed by atoms with E-state index in [4.69, 9.17) is 4.74 Å². The summed E-state index contributed by atoms with van der Waals surface area (Å²) in [4.78, 5) is 0. The minimum absolute atomic E-state index is 0.264. The van der Waals surface area contributed by atoms with Crippen LogP contribution < -0.4 is 0 Å². The van der Waals surface area contributed by atoms with Crippen LogP contribution in [0.2, 0.25) is 0 Å². The van der Waals surface area contributed by atoms with Gasteiger partial charge in [-0.2, -0.15) is 0 Å². The van der Waals surface area contributed by atoms with Gasteiger partial charge >= 0.3 is 0 Å². The summed E-state index contributed by atoms with van der Waals surface area (Å²) in [5, 5.41) is 0. The topological polar surface area (TPSA) is 9.23 Å². The zero-order valence-electron chi connectivity index (χ0n) is 30.5. The highest BCUT2D eigenvalue weighted by atomic mass is 16.5. The van der Waals surface area contributed by atoms with E-state index >= 15 is 0 Å². The summed E-state index contributed by atoms with van der Waals surface area (Å²) in [7, 11) is 0. The fourth-order valence-electron chi connectivity index (χ4n) is 10.0. The highest BCUT2D eigenvalue weighted by Gasteiger charge is 2.44. The van der Waals surface area contributed by atoms with Gasteiger partial charge in [0.2, 0.25) is 0 Å². The molecule has 1 nitrogen and oxygen atoms in total. The van der Waals surface area contributed by atoms with E-state index in [0.29, 0.717) is 11.8 Å². The Morgan fingerprint density at radius 2 is 0.778 bits per heavy atom. The van der Waals surface area contributed by atoms with Crippen LogP contribution in [0.4, 0.5) is 0 Å². The Morgan fingerprint density at radius 1 is 0.489 bits per heavy atom. The monoisotopic (exact) mass is 619 g/mol. The quantitative estimate of drug-likeness (QED) is 0.156. The molecule has 45 heavy (non-hydrogen) atoms. The Morgan fingerprint density at radius 3 is 1.04 bits per heavy atom. The van der Waals surface area contributed by atoms with E-state index in [9.17, 15) is 0 Å². The van der Waals surface area contributed by atoms with Gasteiger partial charge in [-0.1, -0.05) is 102 Å². The molecule has 0 amide bonds. The van der Waals surface area contributed by atoms with Crippen molar-refractivity contribution < 1.29 is 4.74 Å². The molecule has 0 aromatic heterocycles. The number of ether oxygens (including phenoxy) is 1. The molecule has 0 heterocycles. The Bertz CT molecular complexity index is 823. The van der Waals surface area contributed by atoms with Gasteiger partial charge in [-0.05, 0) is 151 Å². The largest absolute Gasteiger partial charge is 0.360 e. The molecule has 0 N–H and O–H groups in total. The second kappa shape index (κ2) is 18.5. The van der Waals surface area contributed by atoms with E-state index in [0.717, 1.165) is 35.5 Å². The van der Waals surface area contributed by atoms with Crippen LogP contribution in [0.3, 0.4) is 0 Å². The van der Waals surface area contributed by atoms with Gasteiger partial charge in [0.25, 0.3) is 0 Å². The standard InChI is InChI=1S/C44H74O/c1-7-11-13-35-15-19-37(20-16-35)23-25-39-27-31-41(32-28-39)43(5,9-3)45-44(6,10-4)42-33-29-40(30-34-42)26-24-38-21-17-36(18-22-38)14-12-8-2/h9-14,35-42H,3-4,7-8,15-34H2,1-2,5-6H3. The first-order valence-corrected chi connectivity index (χ1v) is 20.1. The van der Waals surface area contributed by atoms with Gasteiger partial charge in [0, 0.05) is 0 Å². The van der Waals surface area contributed by atoms with Gasteiger partial charge in [0.1, 0.15) is 0 Å². The minimum atomic E-state index is -0.264. The summed E-state index contributed by atoms with van der Waals surface area (Å²) in [6.45, 7) is 17.9. The van der Waals surface area contributed by atoms with Crippen molar-refractivity contribution in [2.75, 3.05) is 0 Å². The van der Waals surface area contributed by atoms with Crippen molar-refractivity contribution in [2.24, 2.45) is 47.3 Å². The molecule has 0 aromatic carbocycles. The molecule has 4 rings (SSSR count). The molecule has 256 valence electrons. The lowest BCUT2D eigenvalue weighted by Gasteiger charge is -2.48. The maximum Gasteiger partial charge on any atom is 0.0871 e. The van der Waals surface area contributed by atoms with Gasteiger partial charge in [0.15, 0.2) is 0 Å². The molecule has 4 aliphatic carbocycles. The van der Waals surface area contributed by atoms with Crippen molar-refractivity contribution in [2.45, 2.75) is 180 Å². The zero-order chi connectivity index (χ0) is 32.1. The average Bonchev–Trinajstić information content (AvgIpc) is 3.09. The fourth-order valence-corrected chi connectivity index (χ4v) is 10.0. The molecule has 2 atom stereocenters. The Labute approximate surface area is 281 Å². The molecule has 1 heteroatoms. The summed E-state index contributed by atoms with van der Waals surface area (Å²) < 4.78 is 7.21. The van der Waals surface area contributed by atoms with Crippen molar-refractivity contribution in [1.29, 1.82) is 0 Å². The number of allylic oxidation sites excluding steroid dienone is 4. The molecule has 0 saturated heterocycles. The Hall–Kier alpha value is -1.08. The van der Waals surface area contributed by atoms with Gasteiger partial charge in [-0.25, -0.2) is 0 Å². The molecule has 0 radical (unpaired) electrons. The predicted octanol–water partition coefficient (Wildman–Crippen LogP) is 13.6. The fraction of sp³-hybridized carbons (Fsp3) is 0.818. The van der Waals surface area contributed by atoms with Crippen molar-refractivity contribution in [3.8, 4) is 0 Å². The summed E-state index contributed by atoms with van der Waals surface area (Å²) in [5.74, 6) is 6.67. The van der Waals surface area contributed by atoms with E-state index in [1.807, 2.05) is 0 Å². The summed E-state index contributed by atoms with van der Waals surface area (Å²) in [6, 6.07) is 0. The third kappa shape index (κ3) is 11.0. The van der Waals surface area contributed by atoms with Gasteiger partial charge in [-0.3, -0.25) is 0 Å². The van der Waals surface area contributed by atoms with Crippen molar-refractivity contribution >= 4 is 0 Å². The maximum atomic E-state index is 7.21. The molecule has 4 fully saturated rings. The predicted molar refractivity (Wildman–Crippen MR) is 197 cm³/mol. The zero-order valence-corrected chi connectivity index (χ0v) is 30.5. The summed E-state index contributed by atoms with van der Waals surface area (Å²) in [6.07, 6.45) is 44.4. The molecule has 4 aliphatic rings. The number of hydrogen-bond acceptors (Lipinski definition) is 1.